The van der Waals surface area contributed by atoms with Crippen molar-refractivity contribution in [1.29, 1.82) is 0 Å². The highest BCUT2D eigenvalue weighted by Gasteiger charge is 2.34. The van der Waals surface area contributed by atoms with Crippen LogP contribution in [-0.4, -0.2) is 26.0 Å². The third-order valence-electron chi connectivity index (χ3n) is 2.14. The van der Waals surface area contributed by atoms with Gasteiger partial charge in [-0.05, 0) is 13.0 Å². The number of methoxy groups -OCH3 is 1. The van der Waals surface area contributed by atoms with E-state index in [1.165, 1.54) is 25.3 Å². The number of esters is 1. The summed E-state index contributed by atoms with van der Waals surface area (Å²) in [6, 6.07) is 4.13. The number of rotatable bonds is 5. The van der Waals surface area contributed by atoms with Crippen LogP contribution in [0.1, 0.15) is 12.5 Å². The number of hydrogen-bond donors (Lipinski definition) is 0. The van der Waals surface area contributed by atoms with Gasteiger partial charge in [-0.3, -0.25) is 4.79 Å². The Kier molecular flexibility index (Phi) is 5.02. The van der Waals surface area contributed by atoms with E-state index >= 15 is 0 Å². The Morgan fingerprint density at radius 2 is 2.00 bits per heavy atom. The number of hydrogen-bond acceptors (Lipinski definition) is 4. The van der Waals surface area contributed by atoms with Crippen molar-refractivity contribution in [2.75, 3.05) is 13.7 Å². The lowest BCUT2D eigenvalue weighted by atomic mass is 10.1. The van der Waals surface area contributed by atoms with E-state index in [0.717, 1.165) is 0 Å². The summed E-state index contributed by atoms with van der Waals surface area (Å²) in [5.74, 6) is -1.26. The minimum Gasteiger partial charge on any atom is -0.493 e. The van der Waals surface area contributed by atoms with Crippen molar-refractivity contribution in [1.82, 2.24) is 0 Å². The summed E-state index contributed by atoms with van der Waals surface area (Å²) < 4.78 is 50.4. The molecule has 1 rings (SSSR count). The summed E-state index contributed by atoms with van der Waals surface area (Å²) in [5.41, 5.74) is 0.0510. The van der Waals surface area contributed by atoms with Crippen molar-refractivity contribution in [3.05, 3.63) is 23.8 Å². The van der Waals surface area contributed by atoms with Crippen LogP contribution in [0.15, 0.2) is 18.2 Å². The first-order valence-electron chi connectivity index (χ1n) is 5.44. The van der Waals surface area contributed by atoms with Gasteiger partial charge in [0, 0.05) is 5.56 Å². The molecule has 0 bridgehead atoms. The van der Waals surface area contributed by atoms with Crippen LogP contribution in [0.2, 0.25) is 0 Å². The number of para-hydroxylation sites is 1. The standard InChI is InChI=1S/C12H13F3O4/c1-3-18-10(16)7-8-5-4-6-9(17-2)11(8)19-12(13,14)15/h4-6H,3,7H2,1-2H3. The van der Waals surface area contributed by atoms with Crippen LogP contribution < -0.4 is 9.47 Å². The maximum Gasteiger partial charge on any atom is 0.573 e. The van der Waals surface area contributed by atoms with E-state index < -0.39 is 18.1 Å². The number of ether oxygens (including phenoxy) is 3. The van der Waals surface area contributed by atoms with Crippen LogP contribution >= 0.6 is 0 Å². The van der Waals surface area contributed by atoms with Gasteiger partial charge in [0.15, 0.2) is 11.5 Å². The molecule has 0 spiro atoms. The zero-order valence-corrected chi connectivity index (χ0v) is 10.4. The number of carbonyl (C=O) groups is 1. The highest BCUT2D eigenvalue weighted by atomic mass is 19.4. The number of halogens is 3. The summed E-state index contributed by atoms with van der Waals surface area (Å²) >= 11 is 0. The normalized spacial score (nSPS) is 11.0. The molecule has 0 saturated heterocycles. The van der Waals surface area contributed by atoms with Crippen molar-refractivity contribution in [3.8, 4) is 11.5 Å². The van der Waals surface area contributed by atoms with Gasteiger partial charge in [-0.1, -0.05) is 12.1 Å². The topological polar surface area (TPSA) is 44.8 Å². The molecule has 0 N–H and O–H groups in total. The van der Waals surface area contributed by atoms with Gasteiger partial charge >= 0.3 is 12.3 Å². The van der Waals surface area contributed by atoms with Crippen LogP contribution in [0.3, 0.4) is 0 Å². The largest absolute Gasteiger partial charge is 0.573 e. The van der Waals surface area contributed by atoms with E-state index in [-0.39, 0.29) is 24.3 Å². The molecule has 0 aromatic heterocycles. The predicted molar refractivity (Wildman–Crippen MR) is 60.0 cm³/mol. The van der Waals surface area contributed by atoms with E-state index in [2.05, 4.69) is 9.47 Å². The Morgan fingerprint density at radius 3 is 2.53 bits per heavy atom. The number of alkyl halides is 3. The van der Waals surface area contributed by atoms with Crippen molar-refractivity contribution in [2.24, 2.45) is 0 Å². The maximum atomic E-state index is 12.3. The van der Waals surface area contributed by atoms with E-state index in [1.54, 1.807) is 6.92 Å². The predicted octanol–water partition coefficient (Wildman–Crippen LogP) is 2.70. The zero-order chi connectivity index (χ0) is 14.5. The molecule has 0 unspecified atom stereocenters. The second-order valence-electron chi connectivity index (χ2n) is 3.48. The Labute approximate surface area is 108 Å². The highest BCUT2D eigenvalue weighted by molar-refractivity contribution is 5.74. The minimum atomic E-state index is -4.86. The third-order valence-corrected chi connectivity index (χ3v) is 2.14. The molecule has 0 saturated carbocycles. The molecule has 0 aliphatic carbocycles. The van der Waals surface area contributed by atoms with E-state index in [0.29, 0.717) is 0 Å². The Bertz CT molecular complexity index is 443. The lowest BCUT2D eigenvalue weighted by molar-refractivity contribution is -0.275. The summed E-state index contributed by atoms with van der Waals surface area (Å²) in [7, 11) is 1.21. The summed E-state index contributed by atoms with van der Waals surface area (Å²) in [6.45, 7) is 1.76. The molecular weight excluding hydrogens is 265 g/mol. The van der Waals surface area contributed by atoms with Crippen molar-refractivity contribution >= 4 is 5.97 Å². The first-order chi connectivity index (χ1) is 8.87. The molecule has 4 nitrogen and oxygen atoms in total. The highest BCUT2D eigenvalue weighted by Crippen LogP contribution is 2.35. The van der Waals surface area contributed by atoms with E-state index in [9.17, 15) is 18.0 Å². The van der Waals surface area contributed by atoms with Crippen molar-refractivity contribution in [3.63, 3.8) is 0 Å². The van der Waals surface area contributed by atoms with Crippen LogP contribution in [0, 0.1) is 0 Å². The average molecular weight is 278 g/mol. The van der Waals surface area contributed by atoms with Gasteiger partial charge in [0.25, 0.3) is 0 Å². The first kappa shape index (κ1) is 15.1. The van der Waals surface area contributed by atoms with Crippen LogP contribution in [0.5, 0.6) is 11.5 Å². The van der Waals surface area contributed by atoms with Gasteiger partial charge < -0.3 is 14.2 Å². The molecule has 19 heavy (non-hydrogen) atoms. The smallest absolute Gasteiger partial charge is 0.493 e. The summed E-state index contributed by atoms with van der Waals surface area (Å²) in [5, 5.41) is 0. The van der Waals surface area contributed by atoms with Crippen molar-refractivity contribution < 1.29 is 32.2 Å². The molecule has 0 aliphatic heterocycles. The molecule has 7 heteroatoms. The van der Waals surface area contributed by atoms with Gasteiger partial charge in [0.05, 0.1) is 20.1 Å². The third kappa shape index (κ3) is 4.69. The molecule has 0 radical (unpaired) electrons. The van der Waals surface area contributed by atoms with Crippen LogP contribution in [-0.2, 0) is 16.0 Å². The summed E-state index contributed by atoms with van der Waals surface area (Å²) in [6.07, 6.45) is -5.19. The molecule has 0 amide bonds. The molecule has 0 fully saturated rings. The van der Waals surface area contributed by atoms with E-state index in [4.69, 9.17) is 4.74 Å². The molecule has 0 atom stereocenters. The molecule has 106 valence electrons. The van der Waals surface area contributed by atoms with Gasteiger partial charge in [0.2, 0.25) is 0 Å². The monoisotopic (exact) mass is 278 g/mol. The van der Waals surface area contributed by atoms with Crippen LogP contribution in [0.4, 0.5) is 13.2 Å². The molecule has 1 aromatic rings. The quantitative estimate of drug-likeness (QED) is 0.777. The molecule has 1 aromatic carbocycles. The minimum absolute atomic E-state index is 0.0510. The van der Waals surface area contributed by atoms with Gasteiger partial charge in [-0.2, -0.15) is 0 Å². The van der Waals surface area contributed by atoms with Crippen LogP contribution in [0.25, 0.3) is 0 Å². The van der Waals surface area contributed by atoms with Crippen molar-refractivity contribution in [2.45, 2.75) is 19.7 Å². The maximum absolute atomic E-state index is 12.3. The summed E-state index contributed by atoms with van der Waals surface area (Å²) in [4.78, 5) is 11.3. The second kappa shape index (κ2) is 6.31. The molecule has 0 heterocycles. The van der Waals surface area contributed by atoms with E-state index in [1.807, 2.05) is 0 Å². The lowest BCUT2D eigenvalue weighted by Gasteiger charge is -2.15. The SMILES string of the molecule is CCOC(=O)Cc1cccc(OC)c1OC(F)(F)F. The Morgan fingerprint density at radius 1 is 1.32 bits per heavy atom. The second-order valence-corrected chi connectivity index (χ2v) is 3.48. The Balaban J connectivity index is 3.05. The fourth-order valence-electron chi connectivity index (χ4n) is 1.46. The Hall–Kier alpha value is -1.92. The van der Waals surface area contributed by atoms with Gasteiger partial charge in [-0.25, -0.2) is 0 Å². The fraction of sp³-hybridized carbons (Fsp3) is 0.417. The number of benzene rings is 1. The molecule has 0 aliphatic rings. The number of carbonyl (C=O) groups excluding carboxylic acids is 1. The fourth-order valence-corrected chi connectivity index (χ4v) is 1.46. The zero-order valence-electron chi connectivity index (χ0n) is 10.4. The van der Waals surface area contributed by atoms with Gasteiger partial charge in [-0.15, -0.1) is 13.2 Å². The average Bonchev–Trinajstić information content (AvgIpc) is 2.30. The van der Waals surface area contributed by atoms with Gasteiger partial charge in [0.1, 0.15) is 0 Å². The lowest BCUT2D eigenvalue weighted by Crippen LogP contribution is -2.19. The molecular formula is C12H13F3O4. The first-order valence-corrected chi connectivity index (χ1v) is 5.44.